The Morgan fingerprint density at radius 2 is 2.03 bits per heavy atom. The Morgan fingerprint density at radius 3 is 2.58 bits per heavy atom. The highest BCUT2D eigenvalue weighted by molar-refractivity contribution is 9.09. The van der Waals surface area contributed by atoms with Gasteiger partial charge in [-0.1, -0.05) is 35.0 Å². The van der Waals surface area contributed by atoms with E-state index in [1.807, 2.05) is 33.8 Å². The third-order valence-electron chi connectivity index (χ3n) is 7.74. The van der Waals surface area contributed by atoms with Crippen LogP contribution in [0.5, 0.6) is 0 Å². The summed E-state index contributed by atoms with van der Waals surface area (Å²) in [6.45, 7) is 15.5. The lowest BCUT2D eigenvalue weighted by Crippen LogP contribution is -2.61. The van der Waals surface area contributed by atoms with Gasteiger partial charge in [0.1, 0.15) is 11.6 Å². The summed E-state index contributed by atoms with van der Waals surface area (Å²) in [5.41, 5.74) is -1.71. The van der Waals surface area contributed by atoms with Crippen LogP contribution in [0.3, 0.4) is 0 Å². The molecule has 0 aliphatic carbocycles. The smallest absolute Gasteiger partial charge is 0.312 e. The summed E-state index contributed by atoms with van der Waals surface area (Å²) in [4.78, 5) is 44.6. The first-order valence-corrected chi connectivity index (χ1v) is 13.9. The lowest BCUT2D eigenvalue weighted by molar-refractivity contribution is -0.157. The minimum absolute atomic E-state index is 0.202. The summed E-state index contributed by atoms with van der Waals surface area (Å²) in [6, 6.07) is -1.52. The first kappa shape index (κ1) is 28.9. The van der Waals surface area contributed by atoms with Crippen LogP contribution in [0.2, 0.25) is 0 Å². The van der Waals surface area contributed by atoms with Crippen LogP contribution in [0.4, 0.5) is 0 Å². The van der Waals surface area contributed by atoms with Crippen molar-refractivity contribution < 1.29 is 29.0 Å². The number of halogens is 1. The van der Waals surface area contributed by atoms with Crippen LogP contribution in [0, 0.1) is 11.8 Å². The van der Waals surface area contributed by atoms with Crippen molar-refractivity contribution in [3.8, 4) is 0 Å². The van der Waals surface area contributed by atoms with Crippen molar-refractivity contribution in [2.75, 3.05) is 19.8 Å². The Hall–Kier alpha value is -1.71. The minimum Gasteiger partial charge on any atom is -0.465 e. The van der Waals surface area contributed by atoms with Gasteiger partial charge in [-0.05, 0) is 52.9 Å². The van der Waals surface area contributed by atoms with Gasteiger partial charge in [-0.2, -0.15) is 0 Å². The van der Waals surface area contributed by atoms with Gasteiger partial charge in [0.25, 0.3) is 0 Å². The molecule has 0 aromatic heterocycles. The van der Waals surface area contributed by atoms with Gasteiger partial charge >= 0.3 is 5.97 Å². The zero-order chi connectivity index (χ0) is 26.8. The Balaban J connectivity index is 2.01. The van der Waals surface area contributed by atoms with E-state index in [4.69, 9.17) is 9.47 Å². The van der Waals surface area contributed by atoms with Crippen LogP contribution in [0.1, 0.15) is 59.8 Å². The molecule has 2 amide bonds. The van der Waals surface area contributed by atoms with Crippen molar-refractivity contribution >= 4 is 33.7 Å². The molecule has 3 heterocycles. The fourth-order valence-electron chi connectivity index (χ4n) is 6.05. The summed E-state index contributed by atoms with van der Waals surface area (Å²) < 4.78 is 12.1. The number of carbonyl (C=O) groups excluding carboxylic acids is 3. The number of alkyl halides is 1. The first-order chi connectivity index (χ1) is 17.0. The number of aliphatic hydroxyl groups excluding tert-OH is 1. The number of amides is 2. The number of ether oxygens (including phenoxy) is 2. The van der Waals surface area contributed by atoms with Crippen molar-refractivity contribution in [2.45, 2.75) is 94.0 Å². The SMILES string of the molecule is C=CCCCCOC(=O)[C@H]1[C@@H]2OC3(CC2Br)C(C(=O)N(CC=C)C(C)(C)C)N([C@@H](CC)CO)C(=O)[C@H]13. The van der Waals surface area contributed by atoms with Crippen LogP contribution >= 0.6 is 15.9 Å². The van der Waals surface area contributed by atoms with Gasteiger partial charge in [-0.15, -0.1) is 13.2 Å². The van der Waals surface area contributed by atoms with Gasteiger partial charge in [0.15, 0.2) is 0 Å². The molecule has 1 spiro atoms. The van der Waals surface area contributed by atoms with Crippen molar-refractivity contribution in [1.82, 2.24) is 9.80 Å². The summed E-state index contributed by atoms with van der Waals surface area (Å²) in [5.74, 6) is -2.70. The molecule has 0 saturated carbocycles. The number of hydrogen-bond acceptors (Lipinski definition) is 6. The Kier molecular flexibility index (Phi) is 9.10. The summed E-state index contributed by atoms with van der Waals surface area (Å²) in [6.07, 6.45) is 6.21. The highest BCUT2D eigenvalue weighted by atomic mass is 79.9. The molecule has 0 radical (unpaired) electrons. The van der Waals surface area contributed by atoms with Gasteiger partial charge in [-0.3, -0.25) is 14.4 Å². The van der Waals surface area contributed by atoms with Gasteiger partial charge in [-0.25, -0.2) is 0 Å². The van der Waals surface area contributed by atoms with Crippen LogP contribution in [-0.2, 0) is 23.9 Å². The molecular formula is C27H41BrN2O6. The molecule has 3 fully saturated rings. The maximum atomic E-state index is 14.2. The van der Waals surface area contributed by atoms with Crippen LogP contribution in [0.25, 0.3) is 0 Å². The number of unbranched alkanes of at least 4 members (excludes halogenated alkanes) is 2. The largest absolute Gasteiger partial charge is 0.465 e. The quantitative estimate of drug-likeness (QED) is 0.168. The minimum atomic E-state index is -1.17. The highest BCUT2D eigenvalue weighted by Crippen LogP contribution is 2.61. The fraction of sp³-hybridized carbons (Fsp3) is 0.741. The molecular weight excluding hydrogens is 528 g/mol. The van der Waals surface area contributed by atoms with Gasteiger partial charge in [0, 0.05) is 16.9 Å². The summed E-state index contributed by atoms with van der Waals surface area (Å²) >= 11 is 3.67. The molecule has 202 valence electrons. The van der Waals surface area contributed by atoms with E-state index in [-0.39, 0.29) is 29.9 Å². The topological polar surface area (TPSA) is 96.4 Å². The summed E-state index contributed by atoms with van der Waals surface area (Å²) in [7, 11) is 0. The molecule has 0 aromatic carbocycles. The predicted molar refractivity (Wildman–Crippen MR) is 140 cm³/mol. The van der Waals surface area contributed by atoms with Crippen LogP contribution < -0.4 is 0 Å². The Bertz CT molecular complexity index is 869. The average Bonchev–Trinajstić information content (AvgIpc) is 3.41. The normalized spacial score (nSPS) is 31.8. The molecule has 2 bridgehead atoms. The second kappa shape index (κ2) is 11.4. The van der Waals surface area contributed by atoms with Crippen molar-refractivity contribution in [3.63, 3.8) is 0 Å². The zero-order valence-corrected chi connectivity index (χ0v) is 23.5. The predicted octanol–water partition coefficient (Wildman–Crippen LogP) is 3.22. The number of rotatable bonds is 12. The van der Waals surface area contributed by atoms with E-state index < -0.39 is 47.1 Å². The third kappa shape index (κ3) is 4.90. The molecule has 8 nitrogen and oxygen atoms in total. The highest BCUT2D eigenvalue weighted by Gasteiger charge is 2.77. The number of fused-ring (bicyclic) bond motifs is 1. The van der Waals surface area contributed by atoms with Gasteiger partial charge < -0.3 is 24.4 Å². The van der Waals surface area contributed by atoms with E-state index in [1.54, 1.807) is 11.0 Å². The fourth-order valence-corrected chi connectivity index (χ4v) is 7.00. The lowest BCUT2D eigenvalue weighted by Gasteiger charge is -2.43. The Morgan fingerprint density at radius 1 is 1.33 bits per heavy atom. The number of carbonyl (C=O) groups is 3. The second-order valence-electron chi connectivity index (χ2n) is 11.0. The standard InChI is InChI=1S/C27H41BrN2O6/c1-7-10-11-12-14-35-25(34)19-20-23(32)30(17(9-3)16-31)22(27(20)15-18(28)21(19)36-27)24(33)29(13-8-2)26(4,5)6/h7-8,17-22,31H,1-2,9-16H2,3-6H3/t17-,18?,19+,20-,21+,22?,27?/m0/s1. The number of likely N-dealkylation sites (tertiary alicyclic amines) is 1. The maximum absolute atomic E-state index is 14.2. The number of esters is 1. The molecule has 3 aliphatic heterocycles. The van der Waals surface area contributed by atoms with Gasteiger partial charge in [0.05, 0.1) is 37.2 Å². The molecule has 3 rings (SSSR count). The van der Waals surface area contributed by atoms with Crippen LogP contribution in [-0.4, -0.2) is 86.6 Å². The van der Waals surface area contributed by atoms with Gasteiger partial charge in [0.2, 0.25) is 11.8 Å². The molecule has 0 aromatic rings. The number of allylic oxidation sites excluding steroid dienone is 1. The van der Waals surface area contributed by atoms with Crippen LogP contribution in [0.15, 0.2) is 25.3 Å². The van der Waals surface area contributed by atoms with Crippen molar-refractivity contribution in [2.24, 2.45) is 11.8 Å². The molecule has 3 saturated heterocycles. The monoisotopic (exact) mass is 568 g/mol. The molecule has 3 aliphatic rings. The molecule has 1 N–H and O–H groups in total. The number of aliphatic hydroxyl groups is 1. The van der Waals surface area contributed by atoms with E-state index in [1.165, 1.54) is 4.90 Å². The molecule has 9 heteroatoms. The molecule has 3 unspecified atom stereocenters. The number of hydrogen-bond donors (Lipinski definition) is 1. The molecule has 36 heavy (non-hydrogen) atoms. The van der Waals surface area contributed by atoms with E-state index in [2.05, 4.69) is 29.1 Å². The summed E-state index contributed by atoms with van der Waals surface area (Å²) in [5, 5.41) is 10.2. The first-order valence-electron chi connectivity index (χ1n) is 12.9. The third-order valence-corrected chi connectivity index (χ3v) is 8.59. The maximum Gasteiger partial charge on any atom is 0.312 e. The van der Waals surface area contributed by atoms with E-state index in [0.717, 1.165) is 12.8 Å². The lowest BCUT2D eigenvalue weighted by atomic mass is 9.70. The van der Waals surface area contributed by atoms with Crippen molar-refractivity contribution in [1.29, 1.82) is 0 Å². The second-order valence-corrected chi connectivity index (χ2v) is 12.2. The van der Waals surface area contributed by atoms with E-state index >= 15 is 0 Å². The van der Waals surface area contributed by atoms with E-state index in [9.17, 15) is 19.5 Å². The Labute approximate surface area is 223 Å². The van der Waals surface area contributed by atoms with E-state index in [0.29, 0.717) is 25.8 Å². The average molecular weight is 570 g/mol. The zero-order valence-electron chi connectivity index (χ0n) is 22.0. The molecule has 7 atom stereocenters. The number of nitrogens with zero attached hydrogens (tertiary/aromatic N) is 2. The van der Waals surface area contributed by atoms with Crippen molar-refractivity contribution in [3.05, 3.63) is 25.3 Å².